The quantitative estimate of drug-likeness (QED) is 0.666. The Morgan fingerprint density at radius 2 is 2.23 bits per heavy atom. The summed E-state index contributed by atoms with van der Waals surface area (Å²) in [4.78, 5) is 10.6. The van der Waals surface area contributed by atoms with Gasteiger partial charge in [-0.3, -0.25) is 0 Å². The molecule has 0 saturated heterocycles. The molecule has 0 spiro atoms. The van der Waals surface area contributed by atoms with Crippen LogP contribution in [0.1, 0.15) is 15.4 Å². The molecule has 0 bridgehead atoms. The van der Waals surface area contributed by atoms with Gasteiger partial charge in [-0.1, -0.05) is 0 Å². The van der Waals surface area contributed by atoms with Crippen LogP contribution in [0.25, 0.3) is 0 Å². The third-order valence-electron chi connectivity index (χ3n) is 1.19. The molecule has 0 amide bonds. The molecule has 13 heavy (non-hydrogen) atoms. The number of alkyl halides is 3. The second-order valence-electron chi connectivity index (χ2n) is 2.07. The molecular formula is C6H4F3NO2S. The summed E-state index contributed by atoms with van der Waals surface area (Å²) in [6, 6.07) is 0.663. The SMILES string of the molecule is COC(=O)c1cc(C(F)(F)F)ns1. The monoisotopic (exact) mass is 211 g/mol. The summed E-state index contributed by atoms with van der Waals surface area (Å²) in [6.45, 7) is 0. The van der Waals surface area contributed by atoms with E-state index < -0.39 is 17.8 Å². The standard InChI is InChI=1S/C6H4F3NO2S/c1-12-5(11)3-2-4(10-13-3)6(7,8)9/h2H,1H3. The summed E-state index contributed by atoms with van der Waals surface area (Å²) in [5, 5.41) is 0. The van der Waals surface area contributed by atoms with E-state index in [0.29, 0.717) is 17.6 Å². The van der Waals surface area contributed by atoms with Gasteiger partial charge >= 0.3 is 12.1 Å². The van der Waals surface area contributed by atoms with Crippen molar-refractivity contribution in [1.29, 1.82) is 0 Å². The fourth-order valence-electron chi connectivity index (χ4n) is 0.606. The summed E-state index contributed by atoms with van der Waals surface area (Å²) in [5.74, 6) is -0.812. The molecule has 0 aliphatic rings. The minimum atomic E-state index is -4.51. The Balaban J connectivity index is 2.93. The number of hydrogen-bond acceptors (Lipinski definition) is 4. The van der Waals surface area contributed by atoms with E-state index in [4.69, 9.17) is 0 Å². The second-order valence-corrected chi connectivity index (χ2v) is 2.87. The lowest BCUT2D eigenvalue weighted by atomic mass is 10.4. The van der Waals surface area contributed by atoms with Gasteiger partial charge in [-0.05, 0) is 17.6 Å². The molecule has 0 aromatic carbocycles. The molecule has 72 valence electrons. The van der Waals surface area contributed by atoms with Crippen LogP contribution in [0.2, 0.25) is 0 Å². The highest BCUT2D eigenvalue weighted by molar-refractivity contribution is 7.08. The van der Waals surface area contributed by atoms with Gasteiger partial charge in [0.2, 0.25) is 0 Å². The molecule has 1 heterocycles. The molecule has 0 aliphatic heterocycles. The molecule has 1 aromatic rings. The van der Waals surface area contributed by atoms with Crippen LogP contribution < -0.4 is 0 Å². The molecule has 1 rings (SSSR count). The molecule has 7 heteroatoms. The number of methoxy groups -OCH3 is 1. The number of carbonyl (C=O) groups excluding carboxylic acids is 1. The van der Waals surface area contributed by atoms with Crippen LogP contribution in [0.4, 0.5) is 13.2 Å². The van der Waals surface area contributed by atoms with Crippen LogP contribution in [-0.2, 0) is 10.9 Å². The predicted molar refractivity (Wildman–Crippen MR) is 38.5 cm³/mol. The van der Waals surface area contributed by atoms with Gasteiger partial charge in [0.1, 0.15) is 4.88 Å². The molecule has 0 radical (unpaired) electrons. The van der Waals surface area contributed by atoms with Crippen LogP contribution in [0, 0.1) is 0 Å². The molecule has 0 unspecified atom stereocenters. The Morgan fingerprint density at radius 3 is 2.62 bits per heavy atom. The highest BCUT2D eigenvalue weighted by atomic mass is 32.1. The van der Waals surface area contributed by atoms with Crippen molar-refractivity contribution in [1.82, 2.24) is 4.37 Å². The number of carbonyl (C=O) groups is 1. The van der Waals surface area contributed by atoms with Crippen molar-refractivity contribution in [3.05, 3.63) is 16.6 Å². The summed E-state index contributed by atoms with van der Waals surface area (Å²) in [5.41, 5.74) is -1.07. The normalized spacial score (nSPS) is 11.4. The van der Waals surface area contributed by atoms with Crippen LogP contribution in [-0.4, -0.2) is 17.5 Å². The maximum absolute atomic E-state index is 12.0. The minimum absolute atomic E-state index is 0.158. The first-order valence-corrected chi connectivity index (χ1v) is 3.84. The zero-order chi connectivity index (χ0) is 10.1. The van der Waals surface area contributed by atoms with Crippen LogP contribution in [0.3, 0.4) is 0 Å². The van der Waals surface area contributed by atoms with Crippen molar-refractivity contribution in [2.75, 3.05) is 7.11 Å². The minimum Gasteiger partial charge on any atom is -0.465 e. The van der Waals surface area contributed by atoms with Gasteiger partial charge in [-0.15, -0.1) is 0 Å². The van der Waals surface area contributed by atoms with E-state index in [1.165, 1.54) is 0 Å². The first-order valence-electron chi connectivity index (χ1n) is 3.07. The predicted octanol–water partition coefficient (Wildman–Crippen LogP) is 1.95. The van der Waals surface area contributed by atoms with E-state index in [1.807, 2.05) is 0 Å². The number of esters is 1. The number of aromatic nitrogens is 1. The summed E-state index contributed by atoms with van der Waals surface area (Å²) >= 11 is 0.465. The number of halogens is 3. The van der Waals surface area contributed by atoms with Crippen LogP contribution in [0.15, 0.2) is 6.07 Å². The van der Waals surface area contributed by atoms with Gasteiger partial charge in [0, 0.05) is 0 Å². The Kier molecular flexibility index (Phi) is 2.55. The van der Waals surface area contributed by atoms with Crippen LogP contribution in [0.5, 0.6) is 0 Å². The molecule has 3 nitrogen and oxygen atoms in total. The third-order valence-corrected chi connectivity index (χ3v) is 1.96. The first kappa shape index (κ1) is 9.97. The maximum atomic E-state index is 12.0. The fourth-order valence-corrected chi connectivity index (χ4v) is 1.28. The molecular weight excluding hydrogens is 207 g/mol. The van der Waals surface area contributed by atoms with Crippen molar-refractivity contribution >= 4 is 17.5 Å². The van der Waals surface area contributed by atoms with E-state index in [1.54, 1.807) is 0 Å². The van der Waals surface area contributed by atoms with Crippen molar-refractivity contribution in [2.24, 2.45) is 0 Å². The fraction of sp³-hybridized carbons (Fsp3) is 0.333. The highest BCUT2D eigenvalue weighted by Crippen LogP contribution is 2.30. The Labute approximate surface area is 75.3 Å². The Hall–Kier alpha value is -1.11. The van der Waals surface area contributed by atoms with Gasteiger partial charge < -0.3 is 4.74 Å². The van der Waals surface area contributed by atoms with Gasteiger partial charge in [0.05, 0.1) is 7.11 Å². The molecule has 1 aromatic heterocycles. The molecule has 0 fully saturated rings. The van der Waals surface area contributed by atoms with E-state index in [9.17, 15) is 18.0 Å². The van der Waals surface area contributed by atoms with E-state index in [-0.39, 0.29) is 4.88 Å². The summed E-state index contributed by atoms with van der Waals surface area (Å²) < 4.78 is 43.2. The summed E-state index contributed by atoms with van der Waals surface area (Å²) in [6.07, 6.45) is -4.51. The average Bonchev–Trinajstić information content (AvgIpc) is 2.50. The van der Waals surface area contributed by atoms with Gasteiger partial charge in [-0.25, -0.2) is 4.79 Å². The number of nitrogens with zero attached hydrogens (tertiary/aromatic N) is 1. The zero-order valence-corrected chi connectivity index (χ0v) is 7.20. The largest absolute Gasteiger partial charge is 0.465 e. The molecule has 0 atom stereocenters. The lowest BCUT2D eigenvalue weighted by Gasteiger charge is -1.98. The smallest absolute Gasteiger partial charge is 0.434 e. The highest BCUT2D eigenvalue weighted by Gasteiger charge is 2.34. The number of hydrogen-bond donors (Lipinski definition) is 0. The molecule has 0 saturated carbocycles. The lowest BCUT2D eigenvalue weighted by Crippen LogP contribution is -2.05. The number of ether oxygens (including phenoxy) is 1. The van der Waals surface area contributed by atoms with Gasteiger partial charge in [-0.2, -0.15) is 17.5 Å². The molecule has 0 aliphatic carbocycles. The van der Waals surface area contributed by atoms with Crippen molar-refractivity contribution in [3.8, 4) is 0 Å². The van der Waals surface area contributed by atoms with Gasteiger partial charge in [0.15, 0.2) is 5.69 Å². The average molecular weight is 211 g/mol. The second kappa shape index (κ2) is 3.33. The maximum Gasteiger partial charge on any atom is 0.434 e. The topological polar surface area (TPSA) is 39.2 Å². The third kappa shape index (κ3) is 2.18. The molecule has 0 N–H and O–H groups in total. The first-order chi connectivity index (χ1) is 5.95. The zero-order valence-electron chi connectivity index (χ0n) is 6.38. The van der Waals surface area contributed by atoms with Crippen LogP contribution >= 0.6 is 11.5 Å². The summed E-state index contributed by atoms with van der Waals surface area (Å²) in [7, 11) is 1.09. The Morgan fingerprint density at radius 1 is 1.62 bits per heavy atom. The van der Waals surface area contributed by atoms with E-state index >= 15 is 0 Å². The Bertz CT molecular complexity index is 320. The van der Waals surface area contributed by atoms with E-state index in [2.05, 4.69) is 9.11 Å². The lowest BCUT2D eigenvalue weighted by molar-refractivity contribution is -0.140. The number of rotatable bonds is 1. The van der Waals surface area contributed by atoms with Crippen molar-refractivity contribution < 1.29 is 22.7 Å². The van der Waals surface area contributed by atoms with E-state index in [0.717, 1.165) is 7.11 Å². The van der Waals surface area contributed by atoms with Crippen molar-refractivity contribution in [2.45, 2.75) is 6.18 Å². The van der Waals surface area contributed by atoms with Crippen molar-refractivity contribution in [3.63, 3.8) is 0 Å². The van der Waals surface area contributed by atoms with Gasteiger partial charge in [0.25, 0.3) is 0 Å².